The van der Waals surface area contributed by atoms with Crippen molar-refractivity contribution in [1.82, 2.24) is 10.2 Å². The smallest absolute Gasteiger partial charge is 0.256 e. The summed E-state index contributed by atoms with van der Waals surface area (Å²) < 4.78 is 0. The van der Waals surface area contributed by atoms with Crippen LogP contribution >= 0.6 is 23.2 Å². The van der Waals surface area contributed by atoms with Gasteiger partial charge in [-0.1, -0.05) is 53.5 Å². The van der Waals surface area contributed by atoms with Gasteiger partial charge >= 0.3 is 0 Å². The minimum Gasteiger partial charge on any atom is -0.351 e. The molecule has 1 saturated heterocycles. The van der Waals surface area contributed by atoms with Crippen molar-refractivity contribution in [3.8, 4) is 0 Å². The highest BCUT2D eigenvalue weighted by molar-refractivity contribution is 6.35. The van der Waals surface area contributed by atoms with Crippen LogP contribution in [0.15, 0.2) is 48.5 Å². The van der Waals surface area contributed by atoms with Gasteiger partial charge in [0.25, 0.3) is 5.91 Å². The summed E-state index contributed by atoms with van der Waals surface area (Å²) in [5.41, 5.74) is 1.59. The molecule has 0 spiro atoms. The average molecular weight is 403 g/mol. The third-order valence-corrected chi connectivity index (χ3v) is 5.89. The van der Waals surface area contributed by atoms with E-state index in [2.05, 4.69) is 17.4 Å². The topological polar surface area (TPSA) is 49.4 Å². The summed E-state index contributed by atoms with van der Waals surface area (Å²) in [6.07, 6.45) is 2.41. The first kappa shape index (κ1) is 18.3. The second kappa shape index (κ2) is 7.53. The number of carbonyl (C=O) groups excluding carboxylic acids is 2. The number of nitrogens with one attached hydrogen (secondary N) is 1. The number of benzene rings is 2. The van der Waals surface area contributed by atoms with Crippen LogP contribution < -0.4 is 5.32 Å². The van der Waals surface area contributed by atoms with Crippen molar-refractivity contribution in [3.05, 3.63) is 69.7 Å². The molecule has 0 bridgehead atoms. The predicted octanol–water partition coefficient (Wildman–Crippen LogP) is 4.27. The lowest BCUT2D eigenvalue weighted by Gasteiger charge is -2.24. The molecular weight excluding hydrogens is 383 g/mol. The number of likely N-dealkylation sites (tertiary alicyclic amines) is 1. The van der Waals surface area contributed by atoms with Gasteiger partial charge in [-0.25, -0.2) is 0 Å². The number of halogens is 2. The Morgan fingerprint density at radius 2 is 1.85 bits per heavy atom. The quantitative estimate of drug-likeness (QED) is 0.829. The first-order valence-electron chi connectivity index (χ1n) is 9.16. The molecule has 1 heterocycles. The van der Waals surface area contributed by atoms with Crippen LogP contribution in [0.25, 0.3) is 0 Å². The summed E-state index contributed by atoms with van der Waals surface area (Å²) in [7, 11) is 0. The molecule has 140 valence electrons. The molecule has 1 saturated carbocycles. The van der Waals surface area contributed by atoms with E-state index < -0.39 is 6.04 Å². The molecule has 2 aromatic carbocycles. The molecule has 2 fully saturated rings. The Labute approximate surface area is 168 Å². The highest BCUT2D eigenvalue weighted by atomic mass is 35.5. The van der Waals surface area contributed by atoms with E-state index >= 15 is 0 Å². The highest BCUT2D eigenvalue weighted by Crippen LogP contribution is 2.41. The third-order valence-electron chi connectivity index (χ3n) is 5.32. The monoisotopic (exact) mass is 402 g/mol. The van der Waals surface area contributed by atoms with Crippen LogP contribution in [0.5, 0.6) is 0 Å². The van der Waals surface area contributed by atoms with Crippen molar-refractivity contribution in [2.45, 2.75) is 37.3 Å². The SMILES string of the molecule is O=C(N[C@@H]1C[C@H]1c1ccccc1)[C@H]1CCCN1C(=O)c1cc(Cl)ccc1Cl. The molecule has 1 N–H and O–H groups in total. The Morgan fingerprint density at radius 3 is 2.63 bits per heavy atom. The minimum absolute atomic E-state index is 0.0811. The normalized spacial score (nSPS) is 23.9. The van der Waals surface area contributed by atoms with E-state index in [9.17, 15) is 9.59 Å². The molecule has 1 aliphatic carbocycles. The largest absolute Gasteiger partial charge is 0.351 e. The molecule has 0 radical (unpaired) electrons. The Bertz CT molecular complexity index is 872. The van der Waals surface area contributed by atoms with Crippen LogP contribution in [0.2, 0.25) is 10.0 Å². The van der Waals surface area contributed by atoms with Gasteiger partial charge in [-0.2, -0.15) is 0 Å². The molecule has 2 amide bonds. The number of hydrogen-bond donors (Lipinski definition) is 1. The molecule has 27 heavy (non-hydrogen) atoms. The van der Waals surface area contributed by atoms with Crippen LogP contribution in [0.3, 0.4) is 0 Å². The van der Waals surface area contributed by atoms with Crippen molar-refractivity contribution in [1.29, 1.82) is 0 Å². The van der Waals surface area contributed by atoms with E-state index in [4.69, 9.17) is 23.2 Å². The van der Waals surface area contributed by atoms with Gasteiger partial charge < -0.3 is 10.2 Å². The van der Waals surface area contributed by atoms with Gasteiger partial charge in [0.05, 0.1) is 10.6 Å². The second-order valence-corrected chi connectivity index (χ2v) is 7.99. The molecule has 4 nitrogen and oxygen atoms in total. The summed E-state index contributed by atoms with van der Waals surface area (Å²) >= 11 is 12.2. The number of nitrogens with zero attached hydrogens (tertiary/aromatic N) is 1. The lowest BCUT2D eigenvalue weighted by Crippen LogP contribution is -2.46. The van der Waals surface area contributed by atoms with Gasteiger partial charge in [0.2, 0.25) is 5.91 Å². The van der Waals surface area contributed by atoms with E-state index in [0.29, 0.717) is 34.5 Å². The second-order valence-electron chi connectivity index (χ2n) is 7.15. The average Bonchev–Trinajstić information content (AvgIpc) is 3.26. The number of hydrogen-bond acceptors (Lipinski definition) is 2. The molecule has 1 aliphatic heterocycles. The Hall–Kier alpha value is -2.04. The number of rotatable bonds is 4. The van der Waals surface area contributed by atoms with Gasteiger partial charge in [0, 0.05) is 23.5 Å². The van der Waals surface area contributed by atoms with Crippen LogP contribution in [0.1, 0.15) is 41.1 Å². The van der Waals surface area contributed by atoms with Gasteiger partial charge in [0.1, 0.15) is 6.04 Å². The molecule has 0 aromatic heterocycles. The van der Waals surface area contributed by atoms with Crippen LogP contribution in [0.4, 0.5) is 0 Å². The standard InChI is InChI=1S/C21H20Cl2N2O2/c22-14-8-9-17(23)16(11-14)21(27)25-10-4-7-19(25)20(26)24-18-12-15(18)13-5-2-1-3-6-13/h1-3,5-6,8-9,11,15,18-19H,4,7,10,12H2,(H,24,26)/t15-,18+,19+/m0/s1. The molecular formula is C21H20Cl2N2O2. The van der Waals surface area contributed by atoms with Gasteiger partial charge in [-0.05, 0) is 43.0 Å². The molecule has 4 rings (SSSR count). The lowest BCUT2D eigenvalue weighted by molar-refractivity contribution is -0.125. The van der Waals surface area contributed by atoms with Crippen molar-refractivity contribution in [3.63, 3.8) is 0 Å². The maximum atomic E-state index is 12.9. The zero-order chi connectivity index (χ0) is 19.0. The summed E-state index contributed by atoms with van der Waals surface area (Å²) in [4.78, 5) is 27.3. The lowest BCUT2D eigenvalue weighted by atomic mass is 10.1. The first-order valence-corrected chi connectivity index (χ1v) is 9.91. The Balaban J connectivity index is 1.43. The zero-order valence-electron chi connectivity index (χ0n) is 14.7. The van der Waals surface area contributed by atoms with Gasteiger partial charge in [0.15, 0.2) is 0 Å². The maximum absolute atomic E-state index is 12.9. The van der Waals surface area contributed by atoms with Crippen molar-refractivity contribution < 1.29 is 9.59 Å². The van der Waals surface area contributed by atoms with Crippen LogP contribution in [-0.2, 0) is 4.79 Å². The minimum atomic E-state index is -0.454. The molecule has 2 aromatic rings. The van der Waals surface area contributed by atoms with E-state index in [1.807, 2.05) is 18.2 Å². The fourth-order valence-electron chi connectivity index (χ4n) is 3.80. The first-order chi connectivity index (χ1) is 13.0. The van der Waals surface area contributed by atoms with Gasteiger partial charge in [-0.15, -0.1) is 0 Å². The fraction of sp³-hybridized carbons (Fsp3) is 0.333. The fourth-order valence-corrected chi connectivity index (χ4v) is 4.17. The van der Waals surface area contributed by atoms with E-state index in [1.54, 1.807) is 23.1 Å². The maximum Gasteiger partial charge on any atom is 0.256 e. The molecule has 6 heteroatoms. The van der Waals surface area contributed by atoms with Crippen molar-refractivity contribution >= 4 is 35.0 Å². The van der Waals surface area contributed by atoms with E-state index in [1.165, 1.54) is 5.56 Å². The molecule has 2 aliphatic rings. The Kier molecular flexibility index (Phi) is 5.11. The predicted molar refractivity (Wildman–Crippen MR) is 106 cm³/mol. The number of amides is 2. The Morgan fingerprint density at radius 1 is 1.07 bits per heavy atom. The zero-order valence-corrected chi connectivity index (χ0v) is 16.2. The van der Waals surface area contributed by atoms with E-state index in [0.717, 1.165) is 12.8 Å². The van der Waals surface area contributed by atoms with E-state index in [-0.39, 0.29) is 17.9 Å². The third kappa shape index (κ3) is 3.83. The molecule has 3 atom stereocenters. The van der Waals surface area contributed by atoms with Crippen LogP contribution in [-0.4, -0.2) is 35.3 Å². The van der Waals surface area contributed by atoms with Crippen molar-refractivity contribution in [2.75, 3.05) is 6.54 Å². The summed E-state index contributed by atoms with van der Waals surface area (Å²) in [5, 5.41) is 3.91. The van der Waals surface area contributed by atoms with Crippen LogP contribution in [0, 0.1) is 0 Å². The molecule has 0 unspecified atom stereocenters. The van der Waals surface area contributed by atoms with Crippen molar-refractivity contribution in [2.24, 2.45) is 0 Å². The summed E-state index contributed by atoms with van der Waals surface area (Å²) in [6.45, 7) is 0.548. The summed E-state index contributed by atoms with van der Waals surface area (Å²) in [5.74, 6) is 0.0427. The van der Waals surface area contributed by atoms with Gasteiger partial charge in [-0.3, -0.25) is 9.59 Å². The summed E-state index contributed by atoms with van der Waals surface area (Å²) in [6, 6.07) is 14.7. The highest BCUT2D eigenvalue weighted by Gasteiger charge is 2.42. The number of carbonyl (C=O) groups is 2.